The van der Waals surface area contributed by atoms with E-state index in [1.807, 2.05) is 9.58 Å². The van der Waals surface area contributed by atoms with Crippen LogP contribution in [0.3, 0.4) is 0 Å². The van der Waals surface area contributed by atoms with E-state index < -0.39 is 0 Å². The van der Waals surface area contributed by atoms with Gasteiger partial charge in [0, 0.05) is 32.8 Å². The zero-order chi connectivity index (χ0) is 23.1. The number of fused-ring (bicyclic) bond motifs is 2. The van der Waals surface area contributed by atoms with E-state index in [0.717, 1.165) is 54.9 Å². The molecule has 5 rings (SSSR count). The largest absolute Gasteiger partial charge is 0.495 e. The molecule has 9 nitrogen and oxygen atoms in total. The molecule has 1 amide bonds. The summed E-state index contributed by atoms with van der Waals surface area (Å²) in [6.07, 6.45) is 5.60. The van der Waals surface area contributed by atoms with Gasteiger partial charge in [-0.2, -0.15) is 10.1 Å². The quantitative estimate of drug-likeness (QED) is 0.641. The van der Waals surface area contributed by atoms with E-state index in [9.17, 15) is 4.79 Å². The fraction of sp³-hybridized carbons (Fsp3) is 0.500. The van der Waals surface area contributed by atoms with Crippen molar-refractivity contribution in [1.82, 2.24) is 29.5 Å². The van der Waals surface area contributed by atoms with Crippen molar-refractivity contribution in [1.29, 1.82) is 0 Å². The molecule has 2 unspecified atom stereocenters. The first-order chi connectivity index (χ1) is 15.9. The number of aromatic nitrogens is 4. The fourth-order valence-corrected chi connectivity index (χ4v) is 5.03. The molecule has 1 N–H and O–H groups in total. The SMILES string of the molecule is COc1cc2c(cc1Nc1ncc3cnn(CC4C(C)CCN4C(C)=O)c3n1)CN(C)CC2. The summed E-state index contributed by atoms with van der Waals surface area (Å²) < 4.78 is 7.55. The van der Waals surface area contributed by atoms with Crippen molar-refractivity contribution < 1.29 is 9.53 Å². The highest BCUT2D eigenvalue weighted by atomic mass is 16.5. The minimum absolute atomic E-state index is 0.114. The normalized spacial score (nSPS) is 20.8. The minimum Gasteiger partial charge on any atom is -0.495 e. The number of carbonyl (C=O) groups excluding carboxylic acids is 1. The molecule has 0 bridgehead atoms. The number of nitrogens with zero attached hydrogens (tertiary/aromatic N) is 6. The molecule has 1 aromatic carbocycles. The van der Waals surface area contributed by atoms with E-state index in [1.54, 1.807) is 26.4 Å². The van der Waals surface area contributed by atoms with Gasteiger partial charge >= 0.3 is 0 Å². The Morgan fingerprint density at radius 1 is 1.24 bits per heavy atom. The van der Waals surface area contributed by atoms with Crippen LogP contribution in [0.4, 0.5) is 11.6 Å². The Bertz CT molecular complexity index is 1190. The van der Waals surface area contributed by atoms with Gasteiger partial charge in [-0.15, -0.1) is 0 Å². The average molecular weight is 450 g/mol. The van der Waals surface area contributed by atoms with Crippen LogP contribution in [0.1, 0.15) is 31.4 Å². The van der Waals surface area contributed by atoms with Crippen molar-refractivity contribution >= 4 is 28.6 Å². The lowest BCUT2D eigenvalue weighted by atomic mass is 9.99. The van der Waals surface area contributed by atoms with Crippen molar-refractivity contribution in [3.05, 3.63) is 35.7 Å². The Morgan fingerprint density at radius 3 is 2.88 bits per heavy atom. The topological polar surface area (TPSA) is 88.4 Å². The number of methoxy groups -OCH3 is 1. The van der Waals surface area contributed by atoms with Gasteiger partial charge in [0.2, 0.25) is 11.9 Å². The van der Waals surface area contributed by atoms with Crippen LogP contribution in [0.5, 0.6) is 5.75 Å². The van der Waals surface area contributed by atoms with Gasteiger partial charge in [0.25, 0.3) is 0 Å². The number of anilines is 2. The smallest absolute Gasteiger partial charge is 0.229 e. The van der Waals surface area contributed by atoms with Gasteiger partial charge in [0.05, 0.1) is 37.0 Å². The van der Waals surface area contributed by atoms with Gasteiger partial charge in [0.1, 0.15) is 5.75 Å². The monoisotopic (exact) mass is 449 g/mol. The first kappa shape index (κ1) is 21.6. The van der Waals surface area contributed by atoms with Crippen molar-refractivity contribution in [2.45, 2.75) is 45.8 Å². The van der Waals surface area contributed by atoms with Crippen LogP contribution in [-0.4, -0.2) is 68.7 Å². The van der Waals surface area contributed by atoms with Gasteiger partial charge in [-0.05, 0) is 49.1 Å². The molecule has 0 spiro atoms. The summed E-state index contributed by atoms with van der Waals surface area (Å²) >= 11 is 0. The van der Waals surface area contributed by atoms with Crippen molar-refractivity contribution in [2.75, 3.05) is 32.6 Å². The molecule has 1 saturated heterocycles. The average Bonchev–Trinajstić information content (AvgIpc) is 3.37. The zero-order valence-electron chi connectivity index (χ0n) is 19.7. The number of benzene rings is 1. The Balaban J connectivity index is 1.44. The molecule has 9 heteroatoms. The van der Waals surface area contributed by atoms with Crippen LogP contribution >= 0.6 is 0 Å². The van der Waals surface area contributed by atoms with Crippen LogP contribution in [0.15, 0.2) is 24.5 Å². The summed E-state index contributed by atoms with van der Waals surface area (Å²) in [5, 5.41) is 8.78. The van der Waals surface area contributed by atoms with Crippen LogP contribution < -0.4 is 10.1 Å². The molecule has 0 saturated carbocycles. The lowest BCUT2D eigenvalue weighted by Crippen LogP contribution is -2.39. The lowest BCUT2D eigenvalue weighted by molar-refractivity contribution is -0.130. The first-order valence-corrected chi connectivity index (χ1v) is 11.5. The Labute approximate surface area is 193 Å². The van der Waals surface area contributed by atoms with Crippen molar-refractivity contribution in [3.8, 4) is 5.75 Å². The predicted molar refractivity (Wildman–Crippen MR) is 127 cm³/mol. The third-order valence-electron chi connectivity index (χ3n) is 6.99. The molecule has 33 heavy (non-hydrogen) atoms. The zero-order valence-corrected chi connectivity index (χ0v) is 19.7. The molecule has 2 aliphatic rings. The minimum atomic E-state index is 0.114. The number of nitrogens with one attached hydrogen (secondary N) is 1. The molecular weight excluding hydrogens is 418 g/mol. The van der Waals surface area contributed by atoms with Crippen LogP contribution in [0.2, 0.25) is 0 Å². The predicted octanol–water partition coefficient (Wildman–Crippen LogP) is 2.82. The number of hydrogen-bond acceptors (Lipinski definition) is 7. The molecule has 2 aliphatic heterocycles. The molecule has 1 fully saturated rings. The number of rotatable bonds is 5. The Morgan fingerprint density at radius 2 is 2.09 bits per heavy atom. The number of hydrogen-bond donors (Lipinski definition) is 1. The summed E-state index contributed by atoms with van der Waals surface area (Å²) in [7, 11) is 3.82. The van der Waals surface area contributed by atoms with Crippen molar-refractivity contribution in [3.63, 3.8) is 0 Å². The van der Waals surface area contributed by atoms with Crippen LogP contribution in [-0.2, 0) is 24.3 Å². The van der Waals surface area contributed by atoms with Crippen LogP contribution in [0, 0.1) is 5.92 Å². The van der Waals surface area contributed by atoms with E-state index >= 15 is 0 Å². The van der Waals surface area contributed by atoms with E-state index in [4.69, 9.17) is 9.72 Å². The molecule has 2 atom stereocenters. The number of likely N-dealkylation sites (tertiary alicyclic amines) is 1. The second kappa shape index (κ2) is 8.62. The second-order valence-corrected chi connectivity index (χ2v) is 9.28. The van der Waals surface area contributed by atoms with Gasteiger partial charge < -0.3 is 19.9 Å². The molecule has 2 aromatic heterocycles. The molecule has 174 valence electrons. The standard InChI is InChI=1S/C24H31N7O2/c1-15-5-8-30(16(2)32)21(15)14-31-23-19(12-26-31)11-25-24(28-23)27-20-9-18-13-29(3)7-6-17(18)10-22(20)33-4/h9-12,15,21H,5-8,13-14H2,1-4H3,(H,25,27,28). The summed E-state index contributed by atoms with van der Waals surface area (Å²) in [5.41, 5.74) is 4.22. The van der Waals surface area contributed by atoms with E-state index in [0.29, 0.717) is 18.4 Å². The van der Waals surface area contributed by atoms with E-state index in [-0.39, 0.29) is 11.9 Å². The lowest BCUT2D eigenvalue weighted by Gasteiger charge is -2.26. The van der Waals surface area contributed by atoms with Crippen LogP contribution in [0.25, 0.3) is 11.0 Å². The molecule has 0 radical (unpaired) electrons. The molecule has 0 aliphatic carbocycles. The maximum atomic E-state index is 12.1. The fourth-order valence-electron chi connectivity index (χ4n) is 5.03. The second-order valence-electron chi connectivity index (χ2n) is 9.28. The van der Waals surface area contributed by atoms with E-state index in [2.05, 4.69) is 46.4 Å². The Hall–Kier alpha value is -3.20. The van der Waals surface area contributed by atoms with Gasteiger partial charge in [-0.25, -0.2) is 9.67 Å². The first-order valence-electron chi connectivity index (χ1n) is 11.5. The third-order valence-corrected chi connectivity index (χ3v) is 6.99. The summed E-state index contributed by atoms with van der Waals surface area (Å²) in [6.45, 7) is 7.21. The van der Waals surface area contributed by atoms with Gasteiger partial charge in [-0.3, -0.25) is 4.79 Å². The third kappa shape index (κ3) is 4.13. The number of likely N-dealkylation sites (N-methyl/N-ethyl adjacent to an activating group) is 1. The highest BCUT2D eigenvalue weighted by Gasteiger charge is 2.33. The molecule has 4 heterocycles. The summed E-state index contributed by atoms with van der Waals surface area (Å²) in [6, 6.07) is 4.37. The molecule has 3 aromatic rings. The number of carbonyl (C=O) groups is 1. The number of ether oxygens (including phenoxy) is 1. The maximum Gasteiger partial charge on any atom is 0.229 e. The molecular formula is C24H31N7O2. The van der Waals surface area contributed by atoms with E-state index in [1.165, 1.54) is 11.1 Å². The maximum absolute atomic E-state index is 12.1. The highest BCUT2D eigenvalue weighted by Crippen LogP contribution is 2.33. The number of amides is 1. The Kier molecular flexibility index (Phi) is 5.65. The highest BCUT2D eigenvalue weighted by molar-refractivity contribution is 5.76. The van der Waals surface area contributed by atoms with Gasteiger partial charge in [-0.1, -0.05) is 6.92 Å². The van der Waals surface area contributed by atoms with Gasteiger partial charge in [0.15, 0.2) is 5.65 Å². The summed E-state index contributed by atoms with van der Waals surface area (Å²) in [5.74, 6) is 1.82. The van der Waals surface area contributed by atoms with Crippen molar-refractivity contribution in [2.24, 2.45) is 5.92 Å². The summed E-state index contributed by atoms with van der Waals surface area (Å²) in [4.78, 5) is 25.6.